The molecule has 0 aliphatic rings. The Bertz CT molecular complexity index is 974. The van der Waals surface area contributed by atoms with Gasteiger partial charge >= 0.3 is 5.97 Å². The van der Waals surface area contributed by atoms with Crippen LogP contribution in [0.5, 0.6) is 0 Å². The molecular weight excluding hydrogens is 416 g/mol. The Labute approximate surface area is 175 Å². The summed E-state index contributed by atoms with van der Waals surface area (Å²) in [5.41, 5.74) is 0.902. The van der Waals surface area contributed by atoms with E-state index in [-0.39, 0.29) is 11.3 Å². The van der Waals surface area contributed by atoms with Crippen LogP contribution in [0.4, 0.5) is 5.69 Å². The van der Waals surface area contributed by atoms with Gasteiger partial charge in [-0.05, 0) is 29.8 Å². The van der Waals surface area contributed by atoms with Crippen LogP contribution >= 0.6 is 11.6 Å². The zero-order valence-corrected chi connectivity index (χ0v) is 17.8. The monoisotopic (exact) mass is 438 g/mol. The van der Waals surface area contributed by atoms with E-state index in [4.69, 9.17) is 16.3 Å². The van der Waals surface area contributed by atoms with Crippen LogP contribution < -0.4 is 5.32 Å². The predicted octanol–water partition coefficient (Wildman–Crippen LogP) is 3.09. The lowest BCUT2D eigenvalue weighted by Gasteiger charge is -2.18. The molecule has 0 saturated carbocycles. The van der Waals surface area contributed by atoms with Crippen LogP contribution in [0.25, 0.3) is 0 Å². The number of amides is 1. The number of hydrogen-bond acceptors (Lipinski definition) is 5. The zero-order valence-electron chi connectivity index (χ0n) is 16.2. The largest absolute Gasteiger partial charge is 0.455 e. The normalized spacial score (nSPS) is 11.3. The summed E-state index contributed by atoms with van der Waals surface area (Å²) >= 11 is 5.99. The first-order valence-electron chi connectivity index (χ1n) is 9.07. The molecule has 0 saturated heterocycles. The maximum atomic E-state index is 12.6. The smallest absolute Gasteiger partial charge is 0.310 e. The van der Waals surface area contributed by atoms with Crippen LogP contribution in [0.15, 0.2) is 53.4 Å². The van der Waals surface area contributed by atoms with Gasteiger partial charge in [-0.2, -0.15) is 4.31 Å². The van der Waals surface area contributed by atoms with E-state index in [1.54, 1.807) is 44.2 Å². The molecule has 156 valence electrons. The summed E-state index contributed by atoms with van der Waals surface area (Å²) in [6.07, 6.45) is -0.0510. The maximum absolute atomic E-state index is 12.6. The summed E-state index contributed by atoms with van der Waals surface area (Å²) in [6, 6.07) is 12.8. The highest BCUT2D eigenvalue weighted by Gasteiger charge is 2.22. The molecule has 0 unspecified atom stereocenters. The highest BCUT2D eigenvalue weighted by molar-refractivity contribution is 7.89. The van der Waals surface area contributed by atoms with Crippen molar-refractivity contribution >= 4 is 39.2 Å². The van der Waals surface area contributed by atoms with Crippen LogP contribution in [0.3, 0.4) is 0 Å². The van der Waals surface area contributed by atoms with Crippen LogP contribution in [-0.4, -0.2) is 44.3 Å². The Kier molecular flexibility index (Phi) is 8.19. The number of carbonyl (C=O) groups excluding carboxylic acids is 2. The minimum atomic E-state index is -3.64. The van der Waals surface area contributed by atoms with E-state index < -0.39 is 28.5 Å². The van der Waals surface area contributed by atoms with Crippen molar-refractivity contribution in [2.24, 2.45) is 0 Å². The minimum Gasteiger partial charge on any atom is -0.455 e. The van der Waals surface area contributed by atoms with Crippen molar-refractivity contribution in [3.63, 3.8) is 0 Å². The molecule has 0 aromatic heterocycles. The minimum absolute atomic E-state index is 0.0510. The van der Waals surface area contributed by atoms with Crippen LogP contribution in [0, 0.1) is 0 Å². The summed E-state index contributed by atoms with van der Waals surface area (Å²) in [4.78, 5) is 24.1. The van der Waals surface area contributed by atoms with Gasteiger partial charge in [0, 0.05) is 23.8 Å². The molecule has 29 heavy (non-hydrogen) atoms. The highest BCUT2D eigenvalue weighted by atomic mass is 35.5. The van der Waals surface area contributed by atoms with E-state index in [2.05, 4.69) is 5.32 Å². The van der Waals surface area contributed by atoms with Gasteiger partial charge < -0.3 is 10.1 Å². The van der Waals surface area contributed by atoms with E-state index >= 15 is 0 Å². The third-order valence-corrected chi connectivity index (χ3v) is 6.53. The fourth-order valence-electron chi connectivity index (χ4n) is 2.64. The van der Waals surface area contributed by atoms with Gasteiger partial charge in [0.05, 0.1) is 11.3 Å². The van der Waals surface area contributed by atoms with Crippen LogP contribution in [-0.2, 0) is 30.8 Å². The fourth-order valence-corrected chi connectivity index (χ4v) is 4.35. The molecule has 1 amide bonds. The lowest BCUT2D eigenvalue weighted by molar-refractivity contribution is -0.146. The summed E-state index contributed by atoms with van der Waals surface area (Å²) < 4.78 is 31.5. The number of hydrogen-bond donors (Lipinski definition) is 1. The average molecular weight is 439 g/mol. The Morgan fingerprint density at radius 2 is 1.76 bits per heavy atom. The van der Waals surface area contributed by atoms with Crippen molar-refractivity contribution < 1.29 is 22.7 Å². The van der Waals surface area contributed by atoms with Gasteiger partial charge in [0.25, 0.3) is 5.91 Å². The molecule has 2 rings (SSSR count). The topological polar surface area (TPSA) is 92.8 Å². The van der Waals surface area contributed by atoms with Gasteiger partial charge in [-0.1, -0.05) is 49.7 Å². The second-order valence-electron chi connectivity index (χ2n) is 6.09. The number of ether oxygens (including phenoxy) is 1. The van der Waals surface area contributed by atoms with E-state index in [0.29, 0.717) is 29.4 Å². The standard InChI is InChI=1S/C20H23ClN2O5S/c1-3-23(4-2)29(26,27)17-10-7-9-16(13-17)22-19(24)14-28-20(25)12-15-8-5-6-11-18(15)21/h5-11,13H,3-4,12,14H2,1-2H3,(H,22,24). The quantitative estimate of drug-likeness (QED) is 0.607. The number of sulfonamides is 1. The van der Waals surface area contributed by atoms with Crippen molar-refractivity contribution in [3.8, 4) is 0 Å². The molecule has 0 aliphatic carbocycles. The summed E-state index contributed by atoms with van der Waals surface area (Å²) in [5, 5.41) is 2.98. The zero-order chi connectivity index (χ0) is 21.4. The van der Waals surface area contributed by atoms with Crippen LogP contribution in [0.2, 0.25) is 5.02 Å². The van der Waals surface area contributed by atoms with Gasteiger partial charge in [-0.25, -0.2) is 8.42 Å². The van der Waals surface area contributed by atoms with E-state index in [0.717, 1.165) is 0 Å². The third kappa shape index (κ3) is 6.28. The van der Waals surface area contributed by atoms with Crippen molar-refractivity contribution in [3.05, 3.63) is 59.1 Å². The van der Waals surface area contributed by atoms with E-state index in [1.165, 1.54) is 22.5 Å². The molecule has 1 N–H and O–H groups in total. The number of nitrogens with zero attached hydrogens (tertiary/aromatic N) is 1. The number of anilines is 1. The van der Waals surface area contributed by atoms with E-state index in [9.17, 15) is 18.0 Å². The lowest BCUT2D eigenvalue weighted by atomic mass is 10.1. The third-order valence-electron chi connectivity index (χ3n) is 4.12. The summed E-state index contributed by atoms with van der Waals surface area (Å²) in [5.74, 6) is -1.17. The van der Waals surface area contributed by atoms with Gasteiger partial charge in [0.15, 0.2) is 6.61 Å². The molecule has 0 bridgehead atoms. The Hall–Kier alpha value is -2.42. The number of carbonyl (C=O) groups is 2. The van der Waals surface area contributed by atoms with Crippen molar-refractivity contribution in [2.75, 3.05) is 25.0 Å². The Morgan fingerprint density at radius 3 is 2.41 bits per heavy atom. The lowest BCUT2D eigenvalue weighted by Crippen LogP contribution is -2.30. The first-order valence-corrected chi connectivity index (χ1v) is 10.9. The number of rotatable bonds is 9. The van der Waals surface area contributed by atoms with Crippen molar-refractivity contribution in [2.45, 2.75) is 25.2 Å². The molecule has 0 heterocycles. The van der Waals surface area contributed by atoms with E-state index in [1.807, 2.05) is 0 Å². The van der Waals surface area contributed by atoms with Gasteiger partial charge in [0.2, 0.25) is 10.0 Å². The molecule has 0 atom stereocenters. The SMILES string of the molecule is CCN(CC)S(=O)(=O)c1cccc(NC(=O)COC(=O)Cc2ccccc2Cl)c1. The summed E-state index contributed by atoms with van der Waals surface area (Å²) in [6.45, 7) is 3.71. The van der Waals surface area contributed by atoms with Gasteiger partial charge in [-0.3, -0.25) is 9.59 Å². The van der Waals surface area contributed by atoms with Crippen molar-refractivity contribution in [1.29, 1.82) is 0 Å². The second-order valence-corrected chi connectivity index (χ2v) is 8.44. The molecule has 2 aromatic rings. The molecular formula is C20H23ClN2O5S. The highest BCUT2D eigenvalue weighted by Crippen LogP contribution is 2.19. The first kappa shape index (κ1) is 22.9. The second kappa shape index (κ2) is 10.4. The van der Waals surface area contributed by atoms with Gasteiger partial charge in [0.1, 0.15) is 0 Å². The molecule has 7 nitrogen and oxygen atoms in total. The summed E-state index contributed by atoms with van der Waals surface area (Å²) in [7, 11) is -3.64. The Morgan fingerprint density at radius 1 is 1.07 bits per heavy atom. The Balaban J connectivity index is 1.96. The number of halogens is 1. The predicted molar refractivity (Wildman–Crippen MR) is 111 cm³/mol. The molecule has 2 aromatic carbocycles. The van der Waals surface area contributed by atoms with Crippen LogP contribution in [0.1, 0.15) is 19.4 Å². The fraction of sp³-hybridized carbons (Fsp3) is 0.300. The van der Waals surface area contributed by atoms with Gasteiger partial charge in [-0.15, -0.1) is 0 Å². The molecule has 9 heteroatoms. The number of esters is 1. The number of nitrogens with one attached hydrogen (secondary N) is 1. The first-order chi connectivity index (χ1) is 13.8. The molecule has 0 spiro atoms. The number of benzene rings is 2. The molecule has 0 fully saturated rings. The average Bonchev–Trinajstić information content (AvgIpc) is 2.69. The molecule has 0 aliphatic heterocycles. The maximum Gasteiger partial charge on any atom is 0.310 e. The van der Waals surface area contributed by atoms with Crippen molar-refractivity contribution in [1.82, 2.24) is 4.31 Å². The molecule has 0 radical (unpaired) electrons.